The van der Waals surface area contributed by atoms with Gasteiger partial charge in [0, 0.05) is 29.3 Å². The Balaban J connectivity index is 1.54. The molecule has 0 unspecified atom stereocenters. The van der Waals surface area contributed by atoms with Crippen LogP contribution in [0, 0.1) is 0 Å². The zero-order chi connectivity index (χ0) is 22.2. The number of carboxylic acid groups (broad SMARTS) is 1. The van der Waals surface area contributed by atoms with Gasteiger partial charge in [-0.05, 0) is 37.0 Å². The summed E-state index contributed by atoms with van der Waals surface area (Å²) in [5.41, 5.74) is 1.86. The minimum absolute atomic E-state index is 0.0813. The maximum Gasteiger partial charge on any atom is 0.355 e. The van der Waals surface area contributed by atoms with Crippen molar-refractivity contribution >= 4 is 40.7 Å². The quantitative estimate of drug-likeness (QED) is 0.319. The van der Waals surface area contributed by atoms with E-state index in [4.69, 9.17) is 5.11 Å². The van der Waals surface area contributed by atoms with Gasteiger partial charge in [-0.2, -0.15) is 0 Å². The maximum absolute atomic E-state index is 12.5. The minimum atomic E-state index is -1.01. The maximum atomic E-state index is 12.5. The lowest BCUT2D eigenvalue weighted by Crippen LogP contribution is -2.33. The SMILES string of the molecule is CCCCCC[C@@H](O)c1ccc(N2C(=O)CC[C@@H]2CCSc2nc(C(=O)O)cs2)cc1. The van der Waals surface area contributed by atoms with E-state index in [9.17, 15) is 14.7 Å². The van der Waals surface area contributed by atoms with Gasteiger partial charge >= 0.3 is 5.97 Å². The van der Waals surface area contributed by atoms with Crippen LogP contribution in [-0.2, 0) is 4.79 Å². The van der Waals surface area contributed by atoms with Crippen LogP contribution in [-0.4, -0.2) is 38.9 Å². The average Bonchev–Trinajstić information content (AvgIpc) is 3.38. The van der Waals surface area contributed by atoms with Gasteiger partial charge in [0.25, 0.3) is 0 Å². The number of unbranched alkanes of at least 4 members (excludes halogenated alkanes) is 3. The molecule has 0 saturated carbocycles. The van der Waals surface area contributed by atoms with Crippen LogP contribution >= 0.6 is 23.1 Å². The van der Waals surface area contributed by atoms with E-state index >= 15 is 0 Å². The predicted molar refractivity (Wildman–Crippen MR) is 125 cm³/mol. The van der Waals surface area contributed by atoms with E-state index in [0.717, 1.165) is 53.4 Å². The Kier molecular flexibility index (Phi) is 8.92. The van der Waals surface area contributed by atoms with Crippen molar-refractivity contribution in [2.45, 2.75) is 74.8 Å². The number of aliphatic hydroxyl groups is 1. The average molecular weight is 463 g/mol. The third-order valence-corrected chi connectivity index (χ3v) is 7.65. The topological polar surface area (TPSA) is 90.7 Å². The molecule has 1 aliphatic heterocycles. The van der Waals surface area contributed by atoms with Crippen molar-refractivity contribution in [3.8, 4) is 0 Å². The van der Waals surface area contributed by atoms with Gasteiger partial charge in [0.05, 0.1) is 6.10 Å². The molecular formula is C23H30N2O4S2. The Labute approximate surface area is 191 Å². The molecule has 1 aromatic carbocycles. The molecule has 0 bridgehead atoms. The van der Waals surface area contributed by atoms with Crippen molar-refractivity contribution in [1.29, 1.82) is 0 Å². The van der Waals surface area contributed by atoms with E-state index in [1.807, 2.05) is 29.2 Å². The number of aromatic carboxylic acids is 1. The van der Waals surface area contributed by atoms with Gasteiger partial charge in [-0.1, -0.05) is 56.5 Å². The van der Waals surface area contributed by atoms with Gasteiger partial charge in [0.15, 0.2) is 10.0 Å². The number of amides is 1. The Hall–Kier alpha value is -1.90. The number of anilines is 1. The molecule has 2 atom stereocenters. The first-order valence-corrected chi connectivity index (χ1v) is 12.8. The van der Waals surface area contributed by atoms with E-state index in [-0.39, 0.29) is 17.6 Å². The number of thiazole rings is 1. The van der Waals surface area contributed by atoms with E-state index in [0.29, 0.717) is 6.42 Å². The molecule has 1 aliphatic rings. The molecule has 1 fully saturated rings. The summed E-state index contributed by atoms with van der Waals surface area (Å²) in [7, 11) is 0. The highest BCUT2D eigenvalue weighted by Gasteiger charge is 2.31. The largest absolute Gasteiger partial charge is 0.476 e. The first-order valence-electron chi connectivity index (χ1n) is 10.9. The number of carbonyl (C=O) groups excluding carboxylic acids is 1. The first-order chi connectivity index (χ1) is 15.0. The van der Waals surface area contributed by atoms with Crippen molar-refractivity contribution in [3.63, 3.8) is 0 Å². The zero-order valence-corrected chi connectivity index (χ0v) is 19.5. The second-order valence-electron chi connectivity index (χ2n) is 7.85. The number of hydrogen-bond donors (Lipinski definition) is 2. The fourth-order valence-corrected chi connectivity index (χ4v) is 5.77. The highest BCUT2D eigenvalue weighted by Crippen LogP contribution is 2.32. The van der Waals surface area contributed by atoms with Gasteiger partial charge in [0.2, 0.25) is 5.91 Å². The zero-order valence-electron chi connectivity index (χ0n) is 17.8. The highest BCUT2D eigenvalue weighted by molar-refractivity contribution is 8.01. The lowest BCUT2D eigenvalue weighted by Gasteiger charge is -2.25. The van der Waals surface area contributed by atoms with Gasteiger partial charge in [0.1, 0.15) is 0 Å². The fraction of sp³-hybridized carbons (Fsp3) is 0.522. The van der Waals surface area contributed by atoms with Crippen LogP contribution < -0.4 is 4.90 Å². The first kappa shape index (κ1) is 23.8. The number of aliphatic hydroxyl groups excluding tert-OH is 1. The van der Waals surface area contributed by atoms with Crippen molar-refractivity contribution in [3.05, 3.63) is 40.9 Å². The van der Waals surface area contributed by atoms with Crippen LogP contribution in [0.3, 0.4) is 0 Å². The fourth-order valence-electron chi connectivity index (χ4n) is 3.86. The molecule has 1 aromatic heterocycles. The Bertz CT molecular complexity index is 869. The molecule has 0 radical (unpaired) electrons. The van der Waals surface area contributed by atoms with Gasteiger partial charge in [-0.15, -0.1) is 11.3 Å². The van der Waals surface area contributed by atoms with E-state index in [1.54, 1.807) is 5.38 Å². The van der Waals surface area contributed by atoms with Crippen molar-refractivity contribution < 1.29 is 19.8 Å². The standard InChI is InChI=1S/C23H30N2O4S2/c1-2-3-4-5-6-20(26)16-7-9-17(10-8-16)25-18(11-12-21(25)27)13-14-30-23-24-19(15-31-23)22(28)29/h7-10,15,18,20,26H,2-6,11-14H2,1H3,(H,28,29)/t18-,20-/m1/s1. The van der Waals surface area contributed by atoms with E-state index in [1.165, 1.54) is 35.9 Å². The number of rotatable bonds is 12. The number of carbonyl (C=O) groups is 2. The lowest BCUT2D eigenvalue weighted by atomic mass is 10.0. The molecule has 2 heterocycles. The number of aromatic nitrogens is 1. The number of carboxylic acids is 1. The Morgan fingerprint density at radius 1 is 1.29 bits per heavy atom. The number of nitrogens with zero attached hydrogens (tertiary/aromatic N) is 2. The summed E-state index contributed by atoms with van der Waals surface area (Å²) in [5, 5.41) is 20.9. The van der Waals surface area contributed by atoms with Gasteiger partial charge in [-0.3, -0.25) is 4.79 Å². The summed E-state index contributed by atoms with van der Waals surface area (Å²) >= 11 is 2.87. The number of thioether (sulfide) groups is 1. The second kappa shape index (κ2) is 11.6. The van der Waals surface area contributed by atoms with E-state index < -0.39 is 12.1 Å². The highest BCUT2D eigenvalue weighted by atomic mass is 32.2. The summed E-state index contributed by atoms with van der Waals surface area (Å²) < 4.78 is 0.741. The lowest BCUT2D eigenvalue weighted by molar-refractivity contribution is -0.117. The third kappa shape index (κ3) is 6.54. The molecule has 8 heteroatoms. The minimum Gasteiger partial charge on any atom is -0.476 e. The number of hydrogen-bond acceptors (Lipinski definition) is 6. The molecule has 1 saturated heterocycles. The predicted octanol–water partition coefficient (Wildman–Crippen LogP) is 5.52. The molecule has 2 aromatic rings. The van der Waals surface area contributed by atoms with E-state index in [2.05, 4.69) is 11.9 Å². The molecular weight excluding hydrogens is 432 g/mol. The summed E-state index contributed by atoms with van der Waals surface area (Å²) in [5.74, 6) is -0.106. The normalized spacial score (nSPS) is 17.3. The molecule has 31 heavy (non-hydrogen) atoms. The molecule has 0 aliphatic carbocycles. The second-order valence-corrected chi connectivity index (χ2v) is 10.1. The third-order valence-electron chi connectivity index (χ3n) is 5.59. The van der Waals surface area contributed by atoms with Crippen LogP contribution in [0.25, 0.3) is 0 Å². The van der Waals surface area contributed by atoms with Crippen molar-refractivity contribution in [2.24, 2.45) is 0 Å². The Morgan fingerprint density at radius 3 is 2.74 bits per heavy atom. The molecule has 3 rings (SSSR count). The smallest absolute Gasteiger partial charge is 0.355 e. The molecule has 6 nitrogen and oxygen atoms in total. The van der Waals surface area contributed by atoms with Crippen LogP contribution in [0.5, 0.6) is 0 Å². The summed E-state index contributed by atoms with van der Waals surface area (Å²) in [6.07, 6.45) is 7.04. The summed E-state index contributed by atoms with van der Waals surface area (Å²) in [4.78, 5) is 29.4. The molecule has 1 amide bonds. The molecule has 2 N–H and O–H groups in total. The Morgan fingerprint density at radius 2 is 2.06 bits per heavy atom. The molecule has 0 spiro atoms. The van der Waals surface area contributed by atoms with Crippen molar-refractivity contribution in [2.75, 3.05) is 10.7 Å². The van der Waals surface area contributed by atoms with Gasteiger partial charge < -0.3 is 15.1 Å². The van der Waals surface area contributed by atoms with Gasteiger partial charge in [-0.25, -0.2) is 9.78 Å². The van der Waals surface area contributed by atoms with Crippen LogP contribution in [0.4, 0.5) is 5.69 Å². The van der Waals surface area contributed by atoms with Crippen LogP contribution in [0.15, 0.2) is 34.0 Å². The summed E-state index contributed by atoms with van der Waals surface area (Å²) in [6, 6.07) is 7.87. The monoisotopic (exact) mass is 462 g/mol. The van der Waals surface area contributed by atoms with Crippen molar-refractivity contribution in [1.82, 2.24) is 4.98 Å². The molecule has 168 valence electrons. The summed E-state index contributed by atoms with van der Waals surface area (Å²) in [6.45, 7) is 2.18. The number of benzene rings is 1. The van der Waals surface area contributed by atoms with Crippen LogP contribution in [0.1, 0.15) is 80.4 Å². The van der Waals surface area contributed by atoms with Crippen LogP contribution in [0.2, 0.25) is 0 Å².